The molecule has 7 nitrogen and oxygen atoms in total. The molecule has 0 fully saturated rings. The summed E-state index contributed by atoms with van der Waals surface area (Å²) in [5, 5.41) is 1.10. The largest absolute Gasteiger partial charge is 0.475 e. The van der Waals surface area contributed by atoms with E-state index in [1.54, 1.807) is 4.90 Å². The lowest BCUT2D eigenvalue weighted by Crippen LogP contribution is -2.32. The highest BCUT2D eigenvalue weighted by Crippen LogP contribution is 2.29. The summed E-state index contributed by atoms with van der Waals surface area (Å²) in [5.41, 5.74) is 8.08. The predicted molar refractivity (Wildman–Crippen MR) is 95.8 cm³/mol. The van der Waals surface area contributed by atoms with Gasteiger partial charge in [-0.15, -0.1) is 0 Å². The molecule has 4 rings (SSSR count). The third-order valence-corrected chi connectivity index (χ3v) is 4.39. The molecule has 0 unspecified atom stereocenters. The molecule has 1 aliphatic heterocycles. The van der Waals surface area contributed by atoms with Crippen molar-refractivity contribution in [2.75, 3.05) is 23.8 Å². The lowest BCUT2D eigenvalue weighted by atomic mass is 10.2. The molecule has 3 heterocycles. The van der Waals surface area contributed by atoms with Crippen molar-refractivity contribution in [1.82, 2.24) is 14.5 Å². The minimum Gasteiger partial charge on any atom is -0.475 e. The Morgan fingerprint density at radius 1 is 1.28 bits per heavy atom. The summed E-state index contributed by atoms with van der Waals surface area (Å²) in [6.07, 6.45) is 4.45. The highest BCUT2D eigenvalue weighted by atomic mass is 16.5. The molecule has 7 heteroatoms. The number of benzene rings is 1. The van der Waals surface area contributed by atoms with E-state index in [2.05, 4.69) is 33.7 Å². The average Bonchev–Trinajstić information content (AvgIpc) is 2.92. The molecule has 1 amide bonds. The molecule has 0 bridgehead atoms. The summed E-state index contributed by atoms with van der Waals surface area (Å²) in [7, 11) is 0. The first-order chi connectivity index (χ1) is 12.2. The van der Waals surface area contributed by atoms with E-state index in [1.807, 2.05) is 18.2 Å². The van der Waals surface area contributed by atoms with Gasteiger partial charge >= 0.3 is 0 Å². The molecule has 0 atom stereocenters. The molecule has 0 spiro atoms. The molecule has 2 aromatic heterocycles. The van der Waals surface area contributed by atoms with Crippen LogP contribution in [0, 0.1) is 0 Å². The van der Waals surface area contributed by atoms with Gasteiger partial charge in [0.25, 0.3) is 5.91 Å². The summed E-state index contributed by atoms with van der Waals surface area (Å²) in [5.74, 6) is 0.144. The van der Waals surface area contributed by atoms with Crippen LogP contribution in [0.3, 0.4) is 0 Å². The van der Waals surface area contributed by atoms with Crippen molar-refractivity contribution in [3.05, 3.63) is 42.4 Å². The number of ether oxygens (including phenoxy) is 1. The number of rotatable bonds is 3. The van der Waals surface area contributed by atoms with Crippen molar-refractivity contribution in [2.45, 2.75) is 19.9 Å². The van der Waals surface area contributed by atoms with Crippen molar-refractivity contribution in [2.24, 2.45) is 0 Å². The predicted octanol–water partition coefficient (Wildman–Crippen LogP) is 2.46. The number of hydrogen-bond acceptors (Lipinski definition) is 5. The summed E-state index contributed by atoms with van der Waals surface area (Å²) >= 11 is 0. The second-order valence-electron chi connectivity index (χ2n) is 6.00. The molecular weight excluding hydrogens is 318 g/mol. The number of aryl methyl sites for hydroxylation is 1. The van der Waals surface area contributed by atoms with Crippen LogP contribution >= 0.6 is 0 Å². The van der Waals surface area contributed by atoms with E-state index in [0.717, 1.165) is 29.6 Å². The highest BCUT2D eigenvalue weighted by molar-refractivity contribution is 6.11. The zero-order valence-electron chi connectivity index (χ0n) is 14.0. The van der Waals surface area contributed by atoms with Crippen LogP contribution in [0.5, 0.6) is 5.88 Å². The van der Waals surface area contributed by atoms with E-state index < -0.39 is 0 Å². The van der Waals surface area contributed by atoms with E-state index in [-0.39, 0.29) is 23.2 Å². The first-order valence-electron chi connectivity index (χ1n) is 8.33. The van der Waals surface area contributed by atoms with Crippen molar-refractivity contribution in [1.29, 1.82) is 0 Å². The van der Waals surface area contributed by atoms with Gasteiger partial charge in [0.1, 0.15) is 24.3 Å². The number of amides is 1. The number of anilines is 2. The van der Waals surface area contributed by atoms with E-state index in [4.69, 9.17) is 10.5 Å². The summed E-state index contributed by atoms with van der Waals surface area (Å²) < 4.78 is 7.79. The van der Waals surface area contributed by atoms with Crippen molar-refractivity contribution >= 4 is 28.3 Å². The van der Waals surface area contributed by atoms with Gasteiger partial charge in [-0.25, -0.2) is 9.97 Å². The number of carbonyl (C=O) groups is 1. The van der Waals surface area contributed by atoms with E-state index >= 15 is 0 Å². The van der Waals surface area contributed by atoms with E-state index in [9.17, 15) is 4.79 Å². The van der Waals surface area contributed by atoms with Gasteiger partial charge in [0.2, 0.25) is 5.88 Å². The number of aromatic nitrogens is 3. The quantitative estimate of drug-likeness (QED) is 0.793. The van der Waals surface area contributed by atoms with Crippen LogP contribution in [0.15, 0.2) is 36.8 Å². The number of nitrogens with two attached hydrogens (primary N) is 1. The standard InChI is InChI=1S/C18H19N5O2/c1-2-6-22-7-5-12-10-13(3-4-14(12)22)23-8-9-25-17-15(18(23)24)16(19)20-11-21-17/h3-5,7,10-11H,2,6,8-9H2,1H3,(H2,19,20,21). The maximum atomic E-state index is 13.0. The van der Waals surface area contributed by atoms with Crippen LogP contribution < -0.4 is 15.4 Å². The van der Waals surface area contributed by atoms with Gasteiger partial charge in [0.05, 0.1) is 6.54 Å². The van der Waals surface area contributed by atoms with Crippen molar-refractivity contribution in [3.63, 3.8) is 0 Å². The minimum atomic E-state index is -0.238. The van der Waals surface area contributed by atoms with Crippen LogP contribution in [0.25, 0.3) is 10.9 Å². The van der Waals surface area contributed by atoms with Crippen LogP contribution in [-0.4, -0.2) is 33.6 Å². The van der Waals surface area contributed by atoms with Crippen LogP contribution in [0.4, 0.5) is 11.5 Å². The Kier molecular flexibility index (Phi) is 3.76. The molecule has 128 valence electrons. The number of nitrogens with zero attached hydrogens (tertiary/aromatic N) is 4. The Labute approximate surface area is 145 Å². The molecule has 25 heavy (non-hydrogen) atoms. The van der Waals surface area contributed by atoms with Crippen LogP contribution in [0.1, 0.15) is 23.7 Å². The first kappa shape index (κ1) is 15.4. The number of hydrogen-bond donors (Lipinski definition) is 1. The lowest BCUT2D eigenvalue weighted by molar-refractivity contribution is 0.0990. The molecule has 3 aromatic rings. The Hall–Kier alpha value is -3.09. The maximum absolute atomic E-state index is 13.0. The normalized spacial score (nSPS) is 14.3. The van der Waals surface area contributed by atoms with Gasteiger partial charge in [-0.3, -0.25) is 4.79 Å². The zero-order chi connectivity index (χ0) is 17.4. The Bertz CT molecular complexity index is 950. The molecule has 0 aliphatic carbocycles. The first-order valence-corrected chi connectivity index (χ1v) is 8.33. The van der Waals surface area contributed by atoms with Crippen molar-refractivity contribution in [3.8, 4) is 5.88 Å². The Balaban J connectivity index is 1.75. The van der Waals surface area contributed by atoms with Gasteiger partial charge in [-0.1, -0.05) is 6.92 Å². The third-order valence-electron chi connectivity index (χ3n) is 4.39. The number of carbonyl (C=O) groups excluding carboxylic acids is 1. The van der Waals surface area contributed by atoms with Crippen molar-refractivity contribution < 1.29 is 9.53 Å². The molecular formula is C18H19N5O2. The fourth-order valence-electron chi connectivity index (χ4n) is 3.20. The topological polar surface area (TPSA) is 86.3 Å². The summed E-state index contributed by atoms with van der Waals surface area (Å²) in [6, 6.07) is 8.09. The fraction of sp³-hybridized carbons (Fsp3) is 0.278. The molecule has 0 radical (unpaired) electrons. The molecule has 1 aromatic carbocycles. The molecule has 2 N–H and O–H groups in total. The van der Waals surface area contributed by atoms with E-state index in [1.165, 1.54) is 6.33 Å². The SMILES string of the molecule is CCCn1ccc2cc(N3CCOc4ncnc(N)c4C3=O)ccc21. The third kappa shape index (κ3) is 2.57. The van der Waals surface area contributed by atoms with Crippen LogP contribution in [-0.2, 0) is 6.54 Å². The van der Waals surface area contributed by atoms with Gasteiger partial charge in [-0.05, 0) is 30.7 Å². The fourth-order valence-corrected chi connectivity index (χ4v) is 3.20. The molecule has 1 aliphatic rings. The highest BCUT2D eigenvalue weighted by Gasteiger charge is 2.28. The Morgan fingerprint density at radius 2 is 2.16 bits per heavy atom. The van der Waals surface area contributed by atoms with Gasteiger partial charge < -0.3 is 19.9 Å². The Morgan fingerprint density at radius 3 is 3.00 bits per heavy atom. The smallest absolute Gasteiger partial charge is 0.267 e. The lowest BCUT2D eigenvalue weighted by Gasteiger charge is -2.20. The van der Waals surface area contributed by atoms with E-state index in [0.29, 0.717) is 13.2 Å². The molecule has 0 saturated heterocycles. The number of nitrogen functional groups attached to an aromatic ring is 1. The summed E-state index contributed by atoms with van der Waals surface area (Å²) in [4.78, 5) is 22.6. The van der Waals surface area contributed by atoms with Gasteiger partial charge in [0, 0.05) is 29.3 Å². The minimum absolute atomic E-state index is 0.136. The van der Waals surface area contributed by atoms with Crippen LogP contribution in [0.2, 0.25) is 0 Å². The molecule has 0 saturated carbocycles. The second-order valence-corrected chi connectivity index (χ2v) is 6.00. The monoisotopic (exact) mass is 337 g/mol. The van der Waals surface area contributed by atoms with Gasteiger partial charge in [0.15, 0.2) is 0 Å². The average molecular weight is 337 g/mol. The number of fused-ring (bicyclic) bond motifs is 2. The second kappa shape index (κ2) is 6.08. The zero-order valence-corrected chi connectivity index (χ0v) is 14.0. The van der Waals surface area contributed by atoms with Gasteiger partial charge in [-0.2, -0.15) is 0 Å². The summed E-state index contributed by atoms with van der Waals surface area (Å²) in [6.45, 7) is 3.90. The maximum Gasteiger partial charge on any atom is 0.267 e.